The zero-order valence-electron chi connectivity index (χ0n) is 24.1. The number of hydrogen-bond donors (Lipinski definition) is 1. The molecule has 8 heteroatoms. The molecule has 6 aromatic rings. The summed E-state index contributed by atoms with van der Waals surface area (Å²) in [5.74, 6) is -0.176. The van der Waals surface area contributed by atoms with Gasteiger partial charge in [0.1, 0.15) is 11.3 Å². The highest BCUT2D eigenvalue weighted by atomic mass is 32.2. The number of thioether (sulfide) groups is 1. The van der Waals surface area contributed by atoms with Crippen molar-refractivity contribution in [3.8, 4) is 0 Å². The van der Waals surface area contributed by atoms with E-state index in [2.05, 4.69) is 39.8 Å². The second-order valence-corrected chi connectivity index (χ2v) is 12.0. The van der Waals surface area contributed by atoms with Crippen molar-refractivity contribution in [1.29, 1.82) is 0 Å². The number of aromatic nitrogens is 4. The van der Waals surface area contributed by atoms with E-state index < -0.39 is 5.25 Å². The Labute approximate surface area is 254 Å². The number of nitrogens with one attached hydrogen (secondary N) is 1. The first-order chi connectivity index (χ1) is 21.0. The predicted molar refractivity (Wildman–Crippen MR) is 171 cm³/mol. The Balaban J connectivity index is 1.19. The van der Waals surface area contributed by atoms with Crippen LogP contribution in [0.15, 0.2) is 108 Å². The van der Waals surface area contributed by atoms with Crippen LogP contribution < -0.4 is 5.32 Å². The molecule has 216 valence electrons. The van der Waals surface area contributed by atoms with Crippen molar-refractivity contribution in [2.45, 2.75) is 43.1 Å². The normalized spacial score (nSPS) is 12.2. The molecule has 1 atom stereocenters. The summed E-state index contributed by atoms with van der Waals surface area (Å²) >= 11 is 1.27. The predicted octanol–water partition coefficient (Wildman–Crippen LogP) is 7.29. The Bertz CT molecular complexity index is 1840. The van der Waals surface area contributed by atoms with Crippen molar-refractivity contribution in [3.05, 3.63) is 131 Å². The van der Waals surface area contributed by atoms with Crippen LogP contribution in [-0.2, 0) is 11.3 Å². The molecule has 2 heterocycles. The van der Waals surface area contributed by atoms with Crippen LogP contribution in [-0.4, -0.2) is 37.5 Å². The van der Waals surface area contributed by atoms with Crippen LogP contribution in [0.4, 0.5) is 4.39 Å². The maximum atomic E-state index is 14.6. The fourth-order valence-electron chi connectivity index (χ4n) is 5.45. The standard InChI is InChI=1S/C35H32FN5OS/c1-23-17-18-31-29(21-23)32-33(41(31)22-27-15-9-10-16-30(27)36)38-35(40-39-32)43-24(2)34(42)37-20-19-28(25-11-5-3-6-12-25)26-13-7-4-8-14-26/h3-18,21,24,28H,19-20,22H2,1-2H3,(H,37,42). The molecular formula is C35H32FN5OS. The van der Waals surface area contributed by atoms with Gasteiger partial charge in [-0.05, 0) is 49.6 Å². The van der Waals surface area contributed by atoms with Gasteiger partial charge in [-0.1, -0.05) is 102 Å². The molecule has 6 nitrogen and oxygen atoms in total. The first-order valence-corrected chi connectivity index (χ1v) is 15.3. The van der Waals surface area contributed by atoms with Gasteiger partial charge in [-0.25, -0.2) is 9.37 Å². The zero-order chi connectivity index (χ0) is 29.8. The van der Waals surface area contributed by atoms with Crippen molar-refractivity contribution in [2.75, 3.05) is 6.54 Å². The summed E-state index contributed by atoms with van der Waals surface area (Å²) in [5.41, 5.74) is 6.27. The number of carbonyl (C=O) groups is 1. The second kappa shape index (κ2) is 12.8. The van der Waals surface area contributed by atoms with E-state index in [0.29, 0.717) is 35.0 Å². The Morgan fingerprint density at radius 3 is 2.28 bits per heavy atom. The third-order valence-corrected chi connectivity index (χ3v) is 8.63. The fraction of sp³-hybridized carbons (Fsp3) is 0.200. The van der Waals surface area contributed by atoms with Gasteiger partial charge in [0.25, 0.3) is 0 Å². The van der Waals surface area contributed by atoms with E-state index in [1.807, 2.05) is 79.1 Å². The molecule has 0 spiro atoms. The summed E-state index contributed by atoms with van der Waals surface area (Å²) in [5, 5.41) is 12.9. The van der Waals surface area contributed by atoms with Gasteiger partial charge in [-0.3, -0.25) is 4.79 Å². The summed E-state index contributed by atoms with van der Waals surface area (Å²) in [7, 11) is 0. The van der Waals surface area contributed by atoms with Crippen LogP contribution >= 0.6 is 11.8 Å². The van der Waals surface area contributed by atoms with Gasteiger partial charge in [0, 0.05) is 23.4 Å². The number of nitrogens with zero attached hydrogens (tertiary/aromatic N) is 4. The van der Waals surface area contributed by atoms with Gasteiger partial charge in [0.05, 0.1) is 17.3 Å². The largest absolute Gasteiger partial charge is 0.355 e. The van der Waals surface area contributed by atoms with Crippen LogP contribution in [0.3, 0.4) is 0 Å². The minimum atomic E-state index is -0.433. The maximum Gasteiger partial charge on any atom is 0.233 e. The summed E-state index contributed by atoms with van der Waals surface area (Å²) in [6, 6.07) is 33.6. The minimum Gasteiger partial charge on any atom is -0.355 e. The molecule has 0 radical (unpaired) electrons. The van der Waals surface area contributed by atoms with Gasteiger partial charge >= 0.3 is 0 Å². The lowest BCUT2D eigenvalue weighted by atomic mass is 9.88. The van der Waals surface area contributed by atoms with Crippen LogP contribution in [0.25, 0.3) is 22.1 Å². The quantitative estimate of drug-likeness (QED) is 0.170. The molecule has 1 N–H and O–H groups in total. The molecule has 0 aliphatic heterocycles. The molecule has 43 heavy (non-hydrogen) atoms. The number of hydrogen-bond acceptors (Lipinski definition) is 5. The third-order valence-electron chi connectivity index (χ3n) is 7.68. The summed E-state index contributed by atoms with van der Waals surface area (Å²) < 4.78 is 16.6. The van der Waals surface area contributed by atoms with Gasteiger partial charge in [0.2, 0.25) is 11.1 Å². The molecule has 6 rings (SSSR count). The van der Waals surface area contributed by atoms with Gasteiger partial charge in [0.15, 0.2) is 5.65 Å². The smallest absolute Gasteiger partial charge is 0.233 e. The molecular weight excluding hydrogens is 557 g/mol. The van der Waals surface area contributed by atoms with Crippen molar-refractivity contribution < 1.29 is 9.18 Å². The fourth-order valence-corrected chi connectivity index (χ4v) is 6.19. The lowest BCUT2D eigenvalue weighted by Gasteiger charge is -2.19. The van der Waals surface area contributed by atoms with Crippen LogP contribution in [0.5, 0.6) is 0 Å². The Kier molecular flexibility index (Phi) is 8.47. The highest BCUT2D eigenvalue weighted by Gasteiger charge is 2.21. The van der Waals surface area contributed by atoms with E-state index in [1.54, 1.807) is 12.1 Å². The molecule has 1 amide bonds. The van der Waals surface area contributed by atoms with E-state index in [9.17, 15) is 9.18 Å². The Hall–Kier alpha value is -4.56. The topological polar surface area (TPSA) is 72.7 Å². The number of rotatable bonds is 10. The highest BCUT2D eigenvalue weighted by Crippen LogP contribution is 2.31. The van der Waals surface area contributed by atoms with E-state index in [1.165, 1.54) is 29.0 Å². The lowest BCUT2D eigenvalue weighted by Crippen LogP contribution is -2.32. The number of fused-ring (bicyclic) bond motifs is 3. The monoisotopic (exact) mass is 589 g/mol. The summed E-state index contributed by atoms with van der Waals surface area (Å²) in [6.07, 6.45) is 0.775. The third kappa shape index (κ3) is 6.29. The molecule has 4 aromatic carbocycles. The SMILES string of the molecule is Cc1ccc2c(c1)c1nnc(SC(C)C(=O)NCCC(c3ccccc3)c3ccccc3)nc1n2Cc1ccccc1F. The molecule has 0 fully saturated rings. The van der Waals surface area contributed by atoms with E-state index in [4.69, 9.17) is 4.98 Å². The van der Waals surface area contributed by atoms with Gasteiger partial charge < -0.3 is 9.88 Å². The van der Waals surface area contributed by atoms with Gasteiger partial charge in [-0.2, -0.15) is 0 Å². The van der Waals surface area contributed by atoms with E-state index in [-0.39, 0.29) is 17.6 Å². The van der Waals surface area contributed by atoms with E-state index >= 15 is 0 Å². The lowest BCUT2D eigenvalue weighted by molar-refractivity contribution is -0.120. The summed E-state index contributed by atoms with van der Waals surface area (Å²) in [4.78, 5) is 18.0. The van der Waals surface area contributed by atoms with E-state index in [0.717, 1.165) is 22.9 Å². The van der Waals surface area contributed by atoms with Crippen molar-refractivity contribution in [3.63, 3.8) is 0 Å². The second-order valence-electron chi connectivity index (χ2n) is 10.7. The van der Waals surface area contributed by atoms with Crippen molar-refractivity contribution >= 4 is 39.7 Å². The molecule has 0 aliphatic carbocycles. The molecule has 0 saturated heterocycles. The number of amides is 1. The molecule has 0 aliphatic rings. The van der Waals surface area contributed by atoms with Crippen LogP contribution in [0.2, 0.25) is 0 Å². The van der Waals surface area contributed by atoms with Gasteiger partial charge in [-0.15, -0.1) is 10.2 Å². The maximum absolute atomic E-state index is 14.6. The number of aryl methyl sites for hydroxylation is 1. The van der Waals surface area contributed by atoms with Crippen molar-refractivity contribution in [2.24, 2.45) is 0 Å². The van der Waals surface area contributed by atoms with Crippen LogP contribution in [0.1, 0.15) is 41.5 Å². The zero-order valence-corrected chi connectivity index (χ0v) is 24.9. The summed E-state index contributed by atoms with van der Waals surface area (Å²) in [6.45, 7) is 4.70. The molecule has 0 saturated carbocycles. The first kappa shape index (κ1) is 28.6. The number of carbonyl (C=O) groups excluding carboxylic acids is 1. The molecule has 2 aromatic heterocycles. The number of halogens is 1. The molecule has 1 unspecified atom stereocenters. The average molecular weight is 590 g/mol. The first-order valence-electron chi connectivity index (χ1n) is 14.4. The van der Waals surface area contributed by atoms with Crippen molar-refractivity contribution in [1.82, 2.24) is 25.1 Å². The Morgan fingerprint density at radius 1 is 0.907 bits per heavy atom. The minimum absolute atomic E-state index is 0.0869. The average Bonchev–Trinajstić information content (AvgIpc) is 3.32. The Morgan fingerprint density at radius 2 is 1.58 bits per heavy atom. The van der Waals surface area contributed by atoms with Crippen LogP contribution in [0, 0.1) is 12.7 Å². The highest BCUT2D eigenvalue weighted by molar-refractivity contribution is 8.00. The number of benzene rings is 4. The molecule has 0 bridgehead atoms.